The molecule has 2 atom stereocenters. The predicted molar refractivity (Wildman–Crippen MR) is 120 cm³/mol. The average molecular weight is 446 g/mol. The lowest BCUT2D eigenvalue weighted by Crippen LogP contribution is -2.42. The third kappa shape index (κ3) is 6.30. The molecule has 0 radical (unpaired) electrons. The Morgan fingerprint density at radius 1 is 1.31 bits per heavy atom. The Balaban J connectivity index is 0.000000534. The molecule has 0 unspecified atom stereocenters. The molecule has 1 aromatic heterocycles. The molecule has 2 aromatic rings. The number of rotatable bonds is 6. The van der Waals surface area contributed by atoms with Gasteiger partial charge in [-0.3, -0.25) is 14.3 Å². The molecular formula is C22H31N5O5. The molecule has 174 valence electrons. The Labute approximate surface area is 187 Å². The first-order chi connectivity index (χ1) is 15.2. The van der Waals surface area contributed by atoms with E-state index < -0.39 is 12.2 Å². The molecular weight excluding hydrogens is 414 g/mol. The molecule has 1 aromatic carbocycles. The van der Waals surface area contributed by atoms with Gasteiger partial charge >= 0.3 is 6.09 Å². The maximum atomic E-state index is 12.1. The Morgan fingerprint density at radius 3 is 2.56 bits per heavy atom. The van der Waals surface area contributed by atoms with Crippen molar-refractivity contribution in [1.29, 1.82) is 0 Å². The minimum Gasteiger partial charge on any atom is -0.465 e. The molecule has 32 heavy (non-hydrogen) atoms. The first-order valence-corrected chi connectivity index (χ1v) is 10.4. The van der Waals surface area contributed by atoms with E-state index in [1.165, 1.54) is 6.92 Å². The Hall–Kier alpha value is -3.40. The number of carbonyl (C=O) groups is 3. The summed E-state index contributed by atoms with van der Waals surface area (Å²) in [7, 11) is 0. The van der Waals surface area contributed by atoms with Gasteiger partial charge in [0.25, 0.3) is 6.47 Å². The number of nitrogens with zero attached hydrogens (tertiary/aromatic N) is 3. The summed E-state index contributed by atoms with van der Waals surface area (Å²) < 4.78 is 11.4. The number of ether oxygens (including phenoxy) is 2. The molecule has 10 nitrogen and oxygen atoms in total. The van der Waals surface area contributed by atoms with Crippen LogP contribution < -0.4 is 16.4 Å². The summed E-state index contributed by atoms with van der Waals surface area (Å²) in [6, 6.07) is 5.63. The van der Waals surface area contributed by atoms with Gasteiger partial charge in [0.15, 0.2) is 0 Å². The van der Waals surface area contributed by atoms with E-state index in [9.17, 15) is 14.4 Å². The van der Waals surface area contributed by atoms with E-state index in [4.69, 9.17) is 16.2 Å². The van der Waals surface area contributed by atoms with Gasteiger partial charge in [-0.05, 0) is 38.5 Å². The maximum Gasteiger partial charge on any atom is 0.405 e. The normalized spacial score (nSPS) is 17.1. The predicted octanol–water partition coefficient (Wildman–Crippen LogP) is 2.36. The van der Waals surface area contributed by atoms with Crippen molar-refractivity contribution in [2.75, 3.05) is 11.4 Å². The molecule has 2 amide bonds. The zero-order chi connectivity index (χ0) is 23.8. The van der Waals surface area contributed by atoms with Crippen molar-refractivity contribution in [1.82, 2.24) is 9.78 Å². The van der Waals surface area contributed by atoms with Crippen LogP contribution in [0.2, 0.25) is 0 Å². The summed E-state index contributed by atoms with van der Waals surface area (Å²) in [5.74, 6) is -0.0557. The fourth-order valence-corrected chi connectivity index (χ4v) is 3.60. The van der Waals surface area contributed by atoms with Gasteiger partial charge in [0.1, 0.15) is 6.10 Å². The fraction of sp³-hybridized carbons (Fsp3) is 0.455. The van der Waals surface area contributed by atoms with Crippen LogP contribution in [0.4, 0.5) is 10.5 Å². The number of hydrogen-bond donors (Lipinski definition) is 2. The molecule has 0 saturated heterocycles. The maximum absolute atomic E-state index is 12.1. The second-order valence-corrected chi connectivity index (χ2v) is 7.73. The van der Waals surface area contributed by atoms with Crippen LogP contribution in [-0.4, -0.2) is 46.9 Å². The summed E-state index contributed by atoms with van der Waals surface area (Å²) in [6.07, 6.45) is 2.87. The van der Waals surface area contributed by atoms with Crippen molar-refractivity contribution in [3.05, 3.63) is 36.2 Å². The Bertz CT molecular complexity index is 943. The monoisotopic (exact) mass is 445 g/mol. The summed E-state index contributed by atoms with van der Waals surface area (Å²) in [5.41, 5.74) is 14.1. The van der Waals surface area contributed by atoms with Crippen molar-refractivity contribution < 1.29 is 23.9 Å². The fourth-order valence-electron chi connectivity index (χ4n) is 3.60. The third-order valence-electron chi connectivity index (χ3n) is 4.88. The minimum absolute atomic E-state index is 0.0301. The molecule has 3 rings (SSSR count). The first-order valence-electron chi connectivity index (χ1n) is 10.4. The molecule has 0 aliphatic carbocycles. The molecule has 1 aliphatic heterocycles. The molecule has 10 heteroatoms. The zero-order valence-electron chi connectivity index (χ0n) is 18.9. The van der Waals surface area contributed by atoms with E-state index in [-0.39, 0.29) is 18.1 Å². The van der Waals surface area contributed by atoms with Gasteiger partial charge in [0.2, 0.25) is 5.91 Å². The minimum atomic E-state index is -0.828. The number of fused-ring (bicyclic) bond motifs is 1. The number of amides is 2. The average Bonchev–Trinajstić information content (AvgIpc) is 3.16. The quantitative estimate of drug-likeness (QED) is 0.650. The van der Waals surface area contributed by atoms with Crippen molar-refractivity contribution in [2.45, 2.75) is 58.9 Å². The smallest absolute Gasteiger partial charge is 0.405 e. The van der Waals surface area contributed by atoms with Crippen LogP contribution in [-0.2, 0) is 25.6 Å². The van der Waals surface area contributed by atoms with E-state index in [1.54, 1.807) is 29.6 Å². The van der Waals surface area contributed by atoms with E-state index in [0.29, 0.717) is 26.0 Å². The van der Waals surface area contributed by atoms with Crippen molar-refractivity contribution in [2.24, 2.45) is 11.5 Å². The Morgan fingerprint density at radius 2 is 2.03 bits per heavy atom. The summed E-state index contributed by atoms with van der Waals surface area (Å²) in [6.45, 7) is 8.64. The highest BCUT2D eigenvalue weighted by Crippen LogP contribution is 2.41. The van der Waals surface area contributed by atoms with Crippen LogP contribution >= 0.6 is 0 Å². The van der Waals surface area contributed by atoms with E-state index in [0.717, 1.165) is 22.4 Å². The van der Waals surface area contributed by atoms with Crippen molar-refractivity contribution in [3.8, 4) is 11.1 Å². The van der Waals surface area contributed by atoms with E-state index in [2.05, 4.69) is 9.84 Å². The molecule has 1 aliphatic rings. The van der Waals surface area contributed by atoms with Gasteiger partial charge in [-0.15, -0.1) is 0 Å². The number of nitrogens with two attached hydrogens (primary N) is 2. The lowest BCUT2D eigenvalue weighted by Gasteiger charge is -2.38. The third-order valence-corrected chi connectivity index (χ3v) is 4.88. The van der Waals surface area contributed by atoms with Gasteiger partial charge in [0.05, 0.1) is 24.5 Å². The molecule has 0 bridgehead atoms. The second-order valence-electron chi connectivity index (χ2n) is 7.73. The molecule has 4 N–H and O–H groups in total. The molecule has 2 heterocycles. The van der Waals surface area contributed by atoms with E-state index in [1.807, 2.05) is 31.3 Å². The summed E-state index contributed by atoms with van der Waals surface area (Å²) in [4.78, 5) is 34.5. The molecule has 0 saturated carbocycles. The number of benzene rings is 1. The van der Waals surface area contributed by atoms with Crippen LogP contribution in [0.3, 0.4) is 0 Å². The van der Waals surface area contributed by atoms with Gasteiger partial charge in [-0.2, -0.15) is 5.10 Å². The van der Waals surface area contributed by atoms with Crippen LogP contribution in [0, 0.1) is 0 Å². The number of anilines is 1. The Kier molecular flexibility index (Phi) is 8.77. The zero-order valence-corrected chi connectivity index (χ0v) is 18.9. The summed E-state index contributed by atoms with van der Waals surface area (Å²) >= 11 is 0. The van der Waals surface area contributed by atoms with Gasteiger partial charge < -0.3 is 25.8 Å². The first kappa shape index (κ1) is 24.9. The van der Waals surface area contributed by atoms with Gasteiger partial charge in [-0.1, -0.05) is 6.07 Å². The van der Waals surface area contributed by atoms with Crippen LogP contribution in [0.5, 0.6) is 0 Å². The van der Waals surface area contributed by atoms with Crippen molar-refractivity contribution in [3.63, 3.8) is 0 Å². The number of hydrogen-bond acceptors (Lipinski definition) is 7. The lowest BCUT2D eigenvalue weighted by molar-refractivity contribution is -0.132. The second kappa shape index (κ2) is 11.3. The van der Waals surface area contributed by atoms with Crippen LogP contribution in [0.1, 0.15) is 45.8 Å². The highest BCUT2D eigenvalue weighted by molar-refractivity contribution is 5.94. The number of aromatic nitrogens is 2. The molecule has 0 fully saturated rings. The van der Waals surface area contributed by atoms with Crippen LogP contribution in [0.25, 0.3) is 11.1 Å². The highest BCUT2D eigenvalue weighted by atomic mass is 16.6. The SMILES string of the molecule is CC(=O)N1c2ccc(-c3cnn(CCN)c3)cc2[C@H](OC(N)=O)C[C@@H]1C.CC(C)OC=O. The molecule has 0 spiro atoms. The summed E-state index contributed by atoms with van der Waals surface area (Å²) in [5, 5.41) is 4.28. The number of carbonyl (C=O) groups excluding carboxylic acids is 3. The number of primary amides is 1. The standard InChI is InChI=1S/C18H23N5O3.C4H8O2/c1-11-7-17(26-18(20)25)15-8-13(3-4-16(15)23(11)12(2)24)14-9-21-22(10-14)6-5-19;1-4(2)6-3-5/h3-4,8-11,17H,5-7,19H2,1-2H3,(H2,20,25);3-4H,1-2H3/t11-,17+;/m0./s1. The van der Waals surface area contributed by atoms with Gasteiger partial charge in [-0.25, -0.2) is 4.79 Å². The van der Waals surface area contributed by atoms with Gasteiger partial charge in [0, 0.05) is 43.3 Å². The van der Waals surface area contributed by atoms with Crippen LogP contribution in [0.15, 0.2) is 30.6 Å². The highest BCUT2D eigenvalue weighted by Gasteiger charge is 2.34. The van der Waals surface area contributed by atoms with Crippen molar-refractivity contribution >= 4 is 24.2 Å². The lowest BCUT2D eigenvalue weighted by atomic mass is 9.91. The topological polar surface area (TPSA) is 143 Å². The largest absolute Gasteiger partial charge is 0.465 e. The van der Waals surface area contributed by atoms with E-state index >= 15 is 0 Å².